The number of amides is 1. The van der Waals surface area contributed by atoms with Crippen molar-refractivity contribution >= 4 is 46.0 Å². The van der Waals surface area contributed by atoms with Gasteiger partial charge in [0.25, 0.3) is 5.91 Å². The van der Waals surface area contributed by atoms with E-state index >= 15 is 0 Å². The quantitative estimate of drug-likeness (QED) is 0.497. The van der Waals surface area contributed by atoms with Crippen LogP contribution in [0.2, 0.25) is 5.02 Å². The van der Waals surface area contributed by atoms with Crippen LogP contribution in [0.1, 0.15) is 41.6 Å². The van der Waals surface area contributed by atoms with E-state index in [1.54, 1.807) is 44.3 Å². The number of nitrogens with zero attached hydrogens (tertiary/aromatic N) is 3. The number of nitrogens with one attached hydrogen (secondary N) is 1. The number of halogens is 1. The van der Waals surface area contributed by atoms with Crippen molar-refractivity contribution in [1.29, 1.82) is 0 Å². The van der Waals surface area contributed by atoms with Gasteiger partial charge in [0.05, 0.1) is 21.3 Å². The Morgan fingerprint density at radius 1 is 1.12 bits per heavy atom. The van der Waals surface area contributed by atoms with E-state index in [2.05, 4.69) is 10.3 Å². The first-order valence-corrected chi connectivity index (χ1v) is 12.4. The van der Waals surface area contributed by atoms with Crippen molar-refractivity contribution in [2.45, 2.75) is 31.3 Å². The van der Waals surface area contributed by atoms with Gasteiger partial charge in [-0.05, 0) is 51.1 Å². The summed E-state index contributed by atoms with van der Waals surface area (Å²) in [5.41, 5.74) is 0.125. The summed E-state index contributed by atoms with van der Waals surface area (Å²) in [7, 11) is 2.10. The van der Waals surface area contributed by atoms with Crippen LogP contribution in [0.25, 0.3) is 5.69 Å². The highest BCUT2D eigenvalue weighted by Crippen LogP contribution is 2.30. The highest BCUT2D eigenvalue weighted by atomic mass is 35.5. The second-order valence-corrected chi connectivity index (χ2v) is 10.5. The summed E-state index contributed by atoms with van der Waals surface area (Å²) in [4.78, 5) is 33.1. The first-order valence-electron chi connectivity index (χ1n) is 10.4. The molecule has 0 radical (unpaired) electrons. The molecule has 0 saturated carbocycles. The van der Waals surface area contributed by atoms with Crippen LogP contribution in [0, 0.1) is 0 Å². The second-order valence-electron chi connectivity index (χ2n) is 8.73. The van der Waals surface area contributed by atoms with Crippen LogP contribution in [0.5, 0.6) is 0 Å². The van der Waals surface area contributed by atoms with Gasteiger partial charge in [-0.15, -0.1) is 0 Å². The van der Waals surface area contributed by atoms with Crippen molar-refractivity contribution in [2.24, 2.45) is 0 Å². The second kappa shape index (κ2) is 9.99. The molecule has 1 amide bonds. The Hall–Kier alpha value is -3.17. The van der Waals surface area contributed by atoms with Gasteiger partial charge in [-0.1, -0.05) is 29.8 Å². The van der Waals surface area contributed by atoms with Crippen molar-refractivity contribution in [3.63, 3.8) is 0 Å². The summed E-state index contributed by atoms with van der Waals surface area (Å²) < 4.78 is 19.5. The Bertz CT molecular complexity index is 1250. The van der Waals surface area contributed by atoms with Crippen molar-refractivity contribution in [2.75, 3.05) is 30.6 Å². The van der Waals surface area contributed by atoms with Crippen LogP contribution in [-0.4, -0.2) is 51.6 Å². The van der Waals surface area contributed by atoms with Crippen LogP contribution in [0.3, 0.4) is 0 Å². The standard InChI is InChI=1S/C24H27ClN4O4S/c1-24(2,3)33-22(31)19-20(26-21(30)17-13-12-15(25)14-18(17)34(6)32)27-23(28(4)5)29(19)16-10-8-7-9-11-16/h7-14H,1-6H3,(H,26,30). The molecule has 0 aliphatic heterocycles. The van der Waals surface area contributed by atoms with Gasteiger partial charge in [-0.25, -0.2) is 4.79 Å². The molecule has 34 heavy (non-hydrogen) atoms. The molecule has 1 unspecified atom stereocenters. The summed E-state index contributed by atoms with van der Waals surface area (Å²) in [6.07, 6.45) is 1.46. The molecule has 8 nitrogen and oxygen atoms in total. The van der Waals surface area contributed by atoms with Crippen molar-refractivity contribution in [3.8, 4) is 5.69 Å². The van der Waals surface area contributed by atoms with Crippen LogP contribution >= 0.6 is 11.6 Å². The first-order chi connectivity index (χ1) is 15.9. The number of carbonyl (C=O) groups is 2. The molecule has 1 aromatic heterocycles. The summed E-state index contributed by atoms with van der Waals surface area (Å²) in [6, 6.07) is 13.7. The average Bonchev–Trinajstić information content (AvgIpc) is 3.12. The van der Waals surface area contributed by atoms with Crippen molar-refractivity contribution in [3.05, 3.63) is 64.8 Å². The van der Waals surface area contributed by atoms with E-state index in [0.29, 0.717) is 16.7 Å². The fraction of sp³-hybridized carbons (Fsp3) is 0.292. The smallest absolute Gasteiger partial charge is 0.359 e. The molecule has 1 atom stereocenters. The lowest BCUT2D eigenvalue weighted by molar-refractivity contribution is 0.00619. The molecule has 2 aromatic carbocycles. The molecule has 0 aliphatic rings. The zero-order chi connectivity index (χ0) is 25.2. The maximum atomic E-state index is 13.3. The molecule has 1 heterocycles. The molecule has 0 aliphatic carbocycles. The third-order valence-corrected chi connectivity index (χ3v) is 5.79. The van der Waals surface area contributed by atoms with Crippen LogP contribution in [-0.2, 0) is 15.5 Å². The molecular weight excluding hydrogens is 476 g/mol. The van der Waals surface area contributed by atoms with Gasteiger partial charge in [-0.3, -0.25) is 13.6 Å². The van der Waals surface area contributed by atoms with Gasteiger partial charge in [-0.2, -0.15) is 4.98 Å². The zero-order valence-electron chi connectivity index (χ0n) is 19.9. The maximum absolute atomic E-state index is 13.3. The first kappa shape index (κ1) is 25.5. The Morgan fingerprint density at radius 3 is 2.32 bits per heavy atom. The number of para-hydroxylation sites is 1. The van der Waals surface area contributed by atoms with E-state index in [1.807, 2.05) is 30.3 Å². The number of hydrogen-bond acceptors (Lipinski definition) is 6. The van der Waals surface area contributed by atoms with E-state index in [1.165, 1.54) is 24.5 Å². The molecule has 10 heteroatoms. The largest absolute Gasteiger partial charge is 0.455 e. The van der Waals surface area contributed by atoms with Gasteiger partial charge >= 0.3 is 5.97 Å². The van der Waals surface area contributed by atoms with Crippen molar-refractivity contribution in [1.82, 2.24) is 9.55 Å². The number of hydrogen-bond donors (Lipinski definition) is 1. The Labute approximate surface area is 206 Å². The number of anilines is 2. The Kier molecular flexibility index (Phi) is 7.48. The van der Waals surface area contributed by atoms with Gasteiger partial charge in [0.15, 0.2) is 11.5 Å². The zero-order valence-corrected chi connectivity index (χ0v) is 21.5. The fourth-order valence-electron chi connectivity index (χ4n) is 3.23. The van der Waals surface area contributed by atoms with E-state index < -0.39 is 28.3 Å². The molecular formula is C24H27ClN4O4S. The number of imidazole rings is 1. The third-order valence-electron chi connectivity index (χ3n) is 4.60. The number of aromatic nitrogens is 2. The average molecular weight is 503 g/mol. The van der Waals surface area contributed by atoms with E-state index in [4.69, 9.17) is 16.3 Å². The van der Waals surface area contributed by atoms with E-state index in [-0.39, 0.29) is 22.0 Å². The number of esters is 1. The topological polar surface area (TPSA) is 93.5 Å². The summed E-state index contributed by atoms with van der Waals surface area (Å²) in [6.45, 7) is 5.28. The molecule has 0 saturated heterocycles. The number of rotatable bonds is 6. The molecule has 3 aromatic rings. The lowest BCUT2D eigenvalue weighted by atomic mass is 10.2. The highest BCUT2D eigenvalue weighted by molar-refractivity contribution is 7.84. The van der Waals surface area contributed by atoms with Crippen LogP contribution in [0.4, 0.5) is 11.8 Å². The summed E-state index contributed by atoms with van der Waals surface area (Å²) in [5, 5.41) is 3.08. The third kappa shape index (κ3) is 5.66. The van der Waals surface area contributed by atoms with Gasteiger partial charge < -0.3 is 15.0 Å². The predicted octanol–water partition coefficient (Wildman–Crippen LogP) is 4.54. The highest BCUT2D eigenvalue weighted by Gasteiger charge is 2.31. The van der Waals surface area contributed by atoms with E-state index in [9.17, 15) is 13.8 Å². The summed E-state index contributed by atoms with van der Waals surface area (Å²) >= 11 is 6.03. The molecule has 1 N–H and O–H groups in total. The number of carbonyl (C=O) groups excluding carboxylic acids is 2. The van der Waals surface area contributed by atoms with Gasteiger partial charge in [0, 0.05) is 31.1 Å². The predicted molar refractivity (Wildman–Crippen MR) is 135 cm³/mol. The maximum Gasteiger partial charge on any atom is 0.359 e. The molecule has 0 fully saturated rings. The normalized spacial score (nSPS) is 12.2. The van der Waals surface area contributed by atoms with Gasteiger partial charge in [0.1, 0.15) is 5.60 Å². The molecule has 180 valence electrons. The lowest BCUT2D eigenvalue weighted by Crippen LogP contribution is -2.27. The lowest BCUT2D eigenvalue weighted by Gasteiger charge is -2.21. The van der Waals surface area contributed by atoms with Crippen LogP contribution < -0.4 is 10.2 Å². The molecule has 0 spiro atoms. The summed E-state index contributed by atoms with van der Waals surface area (Å²) in [5.74, 6) is -0.787. The number of ether oxygens (including phenoxy) is 1. The Morgan fingerprint density at radius 2 is 1.76 bits per heavy atom. The molecule has 0 bridgehead atoms. The van der Waals surface area contributed by atoms with Crippen molar-refractivity contribution < 1.29 is 18.5 Å². The minimum absolute atomic E-state index is 0.0228. The fourth-order valence-corrected chi connectivity index (χ4v) is 4.23. The molecule has 3 rings (SSSR count). The Balaban J connectivity index is 2.18. The minimum atomic E-state index is -1.46. The van der Waals surface area contributed by atoms with E-state index in [0.717, 1.165) is 0 Å². The minimum Gasteiger partial charge on any atom is -0.455 e. The number of benzene rings is 2. The monoisotopic (exact) mass is 502 g/mol. The van der Waals surface area contributed by atoms with Crippen LogP contribution in [0.15, 0.2) is 53.4 Å². The SMILES string of the molecule is CN(C)c1nc(NC(=O)c2ccc(Cl)cc2S(C)=O)c(C(=O)OC(C)(C)C)n1-c1ccccc1. The van der Waals surface area contributed by atoms with Gasteiger partial charge in [0.2, 0.25) is 5.95 Å².